The lowest BCUT2D eigenvalue weighted by Crippen LogP contribution is -2.45. The predicted molar refractivity (Wildman–Crippen MR) is 329 cm³/mol. The topological polar surface area (TPSA) is 95.9 Å². The fourth-order valence-electron chi connectivity index (χ4n) is 10.5. The first-order valence-corrected chi connectivity index (χ1v) is 33.7. The van der Waals surface area contributed by atoms with Crippen LogP contribution in [-0.4, -0.2) is 47.4 Å². The summed E-state index contributed by atoms with van der Waals surface area (Å²) in [5.41, 5.74) is 0. The summed E-state index contributed by atoms with van der Waals surface area (Å²) in [6, 6.07) is -0.537. The quantitative estimate of drug-likeness (QED) is 0.0320. The zero-order valence-electron chi connectivity index (χ0n) is 50.5. The molecule has 0 radical (unpaired) electrons. The number of ether oxygens (including phenoxy) is 1. The van der Waals surface area contributed by atoms with Crippen molar-refractivity contribution in [2.24, 2.45) is 0 Å². The molecule has 0 fully saturated rings. The minimum atomic E-state index is -0.660. The van der Waals surface area contributed by atoms with Crippen molar-refractivity contribution in [3.8, 4) is 0 Å². The van der Waals surface area contributed by atoms with E-state index < -0.39 is 12.1 Å². The van der Waals surface area contributed by atoms with Crippen molar-refractivity contribution in [1.82, 2.24) is 5.32 Å². The molecule has 0 rings (SSSR count). The van der Waals surface area contributed by atoms with Crippen LogP contribution in [0.1, 0.15) is 367 Å². The molecule has 0 bridgehead atoms. The molecule has 0 aromatic rings. The summed E-state index contributed by atoms with van der Waals surface area (Å²) >= 11 is 0. The number of carbonyl (C=O) groups excluding carboxylic acids is 2. The maximum atomic E-state index is 12.4. The molecule has 0 aliphatic rings. The van der Waals surface area contributed by atoms with Crippen LogP contribution in [0.4, 0.5) is 0 Å². The molecular formula is C69H131NO5. The van der Waals surface area contributed by atoms with E-state index in [1.165, 1.54) is 283 Å². The number of hydrogen-bond donors (Lipinski definition) is 3. The standard InChI is InChI=1S/C69H131NO5/c1-3-5-7-9-11-13-42-47-51-55-59-63-69(74)75-64-60-56-52-48-44-41-39-37-35-33-31-29-27-25-23-21-19-17-15-16-18-20-22-24-26-28-30-32-34-36-38-40-43-46-50-54-58-62-68(73)70-66(65-71)67(72)61-57-53-49-45-14-12-10-8-6-4-2/h9,11,15,17,21,23,66-67,71-72H,3-8,10,12-14,16,18-20,22,24-65H2,1-2H3,(H,70,73)/b11-9-,17-15-,23-21-. The first-order chi connectivity index (χ1) is 37.0. The summed E-state index contributed by atoms with van der Waals surface area (Å²) in [4.78, 5) is 24.4. The second kappa shape index (κ2) is 64.6. The van der Waals surface area contributed by atoms with Gasteiger partial charge in [0.1, 0.15) is 0 Å². The number of unbranched alkanes of at least 4 members (excludes halogenated alkanes) is 46. The zero-order valence-corrected chi connectivity index (χ0v) is 50.5. The van der Waals surface area contributed by atoms with Crippen LogP contribution in [0.5, 0.6) is 0 Å². The first kappa shape index (κ1) is 73.1. The molecule has 1 amide bonds. The second-order valence-corrected chi connectivity index (χ2v) is 23.1. The van der Waals surface area contributed by atoms with Crippen molar-refractivity contribution in [3.05, 3.63) is 36.5 Å². The average molecular weight is 1050 g/mol. The van der Waals surface area contributed by atoms with E-state index in [9.17, 15) is 19.8 Å². The maximum Gasteiger partial charge on any atom is 0.305 e. The summed E-state index contributed by atoms with van der Waals surface area (Å²) in [6.07, 6.45) is 82.1. The Bertz CT molecular complexity index is 1210. The third-order valence-corrected chi connectivity index (χ3v) is 15.7. The Hall–Kier alpha value is -1.92. The number of allylic oxidation sites excluding steroid dienone is 6. The molecule has 75 heavy (non-hydrogen) atoms. The number of rotatable bonds is 63. The van der Waals surface area contributed by atoms with E-state index >= 15 is 0 Å². The van der Waals surface area contributed by atoms with Gasteiger partial charge in [0.05, 0.1) is 25.4 Å². The number of hydrogen-bond acceptors (Lipinski definition) is 5. The van der Waals surface area contributed by atoms with Gasteiger partial charge in [-0.25, -0.2) is 0 Å². The van der Waals surface area contributed by atoms with Crippen LogP contribution < -0.4 is 5.32 Å². The Balaban J connectivity index is 3.34. The number of aliphatic hydroxyl groups is 2. The van der Waals surface area contributed by atoms with Crippen molar-refractivity contribution in [2.45, 2.75) is 379 Å². The molecule has 2 atom stereocenters. The molecule has 0 spiro atoms. The monoisotopic (exact) mass is 1050 g/mol. The first-order valence-electron chi connectivity index (χ1n) is 33.7. The molecule has 0 aliphatic heterocycles. The van der Waals surface area contributed by atoms with Crippen LogP contribution in [-0.2, 0) is 14.3 Å². The van der Waals surface area contributed by atoms with E-state index in [2.05, 4.69) is 55.6 Å². The van der Waals surface area contributed by atoms with Crippen LogP contribution in [0.25, 0.3) is 0 Å². The molecule has 442 valence electrons. The van der Waals surface area contributed by atoms with Gasteiger partial charge < -0.3 is 20.3 Å². The number of aliphatic hydroxyl groups excluding tert-OH is 2. The fraction of sp³-hybridized carbons (Fsp3) is 0.884. The largest absolute Gasteiger partial charge is 0.466 e. The third-order valence-electron chi connectivity index (χ3n) is 15.7. The van der Waals surface area contributed by atoms with Gasteiger partial charge in [0, 0.05) is 12.8 Å². The van der Waals surface area contributed by atoms with Crippen LogP contribution in [0.3, 0.4) is 0 Å². The fourth-order valence-corrected chi connectivity index (χ4v) is 10.5. The number of esters is 1. The molecule has 6 heteroatoms. The minimum Gasteiger partial charge on any atom is -0.466 e. The van der Waals surface area contributed by atoms with Crippen molar-refractivity contribution in [3.63, 3.8) is 0 Å². The highest BCUT2D eigenvalue weighted by Gasteiger charge is 2.20. The lowest BCUT2D eigenvalue weighted by Gasteiger charge is -2.22. The van der Waals surface area contributed by atoms with E-state index in [0.717, 1.165) is 51.4 Å². The smallest absolute Gasteiger partial charge is 0.305 e. The Morgan fingerprint density at radius 2 is 0.680 bits per heavy atom. The highest BCUT2D eigenvalue weighted by Crippen LogP contribution is 2.18. The molecule has 3 N–H and O–H groups in total. The summed E-state index contributed by atoms with van der Waals surface area (Å²) in [5, 5.41) is 23.2. The van der Waals surface area contributed by atoms with E-state index in [4.69, 9.17) is 4.74 Å². The van der Waals surface area contributed by atoms with Gasteiger partial charge in [-0.3, -0.25) is 9.59 Å². The summed E-state index contributed by atoms with van der Waals surface area (Å²) in [7, 11) is 0. The lowest BCUT2D eigenvalue weighted by molar-refractivity contribution is -0.143. The summed E-state index contributed by atoms with van der Waals surface area (Å²) in [5.74, 6) is -0.0250. The van der Waals surface area contributed by atoms with Crippen LogP contribution in [0.15, 0.2) is 36.5 Å². The Morgan fingerprint density at radius 3 is 1.07 bits per heavy atom. The maximum absolute atomic E-state index is 12.4. The predicted octanol–water partition coefficient (Wildman–Crippen LogP) is 21.5. The zero-order chi connectivity index (χ0) is 54.3. The van der Waals surface area contributed by atoms with Crippen LogP contribution >= 0.6 is 0 Å². The Labute approximate surface area is 468 Å². The van der Waals surface area contributed by atoms with Gasteiger partial charge in [-0.1, -0.05) is 314 Å². The number of carbonyl (C=O) groups is 2. The van der Waals surface area contributed by atoms with Gasteiger partial charge in [0.25, 0.3) is 0 Å². The van der Waals surface area contributed by atoms with E-state index in [-0.39, 0.29) is 18.5 Å². The molecule has 0 aromatic heterocycles. The van der Waals surface area contributed by atoms with Gasteiger partial charge in [0.15, 0.2) is 0 Å². The number of nitrogens with one attached hydrogen (secondary N) is 1. The average Bonchev–Trinajstić information content (AvgIpc) is 3.41. The summed E-state index contributed by atoms with van der Waals surface area (Å²) < 4.78 is 5.46. The number of amides is 1. The van der Waals surface area contributed by atoms with Gasteiger partial charge in [-0.05, 0) is 77.0 Å². The molecule has 2 unspecified atom stereocenters. The second-order valence-electron chi connectivity index (χ2n) is 23.1. The minimum absolute atomic E-state index is 0.00759. The van der Waals surface area contributed by atoms with Crippen molar-refractivity contribution < 1.29 is 24.5 Å². The van der Waals surface area contributed by atoms with Crippen molar-refractivity contribution >= 4 is 11.9 Å². The van der Waals surface area contributed by atoms with Crippen LogP contribution in [0.2, 0.25) is 0 Å². The van der Waals surface area contributed by atoms with E-state index in [1.807, 2.05) is 0 Å². The summed E-state index contributed by atoms with van der Waals surface area (Å²) in [6.45, 7) is 4.92. The lowest BCUT2D eigenvalue weighted by atomic mass is 10.0. The van der Waals surface area contributed by atoms with Gasteiger partial charge in [0.2, 0.25) is 5.91 Å². The molecule has 0 aromatic carbocycles. The molecule has 0 heterocycles. The van der Waals surface area contributed by atoms with Crippen molar-refractivity contribution in [1.29, 1.82) is 0 Å². The highest BCUT2D eigenvalue weighted by molar-refractivity contribution is 5.76. The SMILES string of the molecule is CCCC/C=C\CCCCCCCC(=O)OCCCCCCCCCCCCCCC/C=C\C/C=C\CCCCCCCCCCCCCCCCCCCC(=O)NC(CO)C(O)CCCCCCCCCCCC. The van der Waals surface area contributed by atoms with Gasteiger partial charge in [-0.2, -0.15) is 0 Å². The molecular weight excluding hydrogens is 923 g/mol. The highest BCUT2D eigenvalue weighted by atomic mass is 16.5. The Kier molecular flexibility index (Phi) is 63.0. The molecule has 0 aliphatic carbocycles. The normalized spacial score (nSPS) is 12.7. The van der Waals surface area contributed by atoms with E-state index in [0.29, 0.717) is 25.9 Å². The Morgan fingerprint density at radius 1 is 0.373 bits per heavy atom. The molecule has 6 nitrogen and oxygen atoms in total. The van der Waals surface area contributed by atoms with Crippen molar-refractivity contribution in [2.75, 3.05) is 13.2 Å². The molecule has 0 saturated carbocycles. The van der Waals surface area contributed by atoms with Gasteiger partial charge >= 0.3 is 5.97 Å². The van der Waals surface area contributed by atoms with Gasteiger partial charge in [-0.15, -0.1) is 0 Å². The van der Waals surface area contributed by atoms with E-state index in [1.54, 1.807) is 0 Å². The molecule has 0 saturated heterocycles. The van der Waals surface area contributed by atoms with Crippen LogP contribution in [0, 0.1) is 0 Å². The third kappa shape index (κ3) is 61.2.